The van der Waals surface area contributed by atoms with E-state index in [9.17, 15) is 26.3 Å². The lowest BCUT2D eigenvalue weighted by atomic mass is 9.77. The number of rotatable bonds is 2. The van der Waals surface area contributed by atoms with Gasteiger partial charge in [0.15, 0.2) is 34.9 Å². The number of hydrogen-bond acceptors (Lipinski definition) is 2. The molecule has 2 aromatic carbocycles. The van der Waals surface area contributed by atoms with Crippen LogP contribution in [0, 0.1) is 34.9 Å². The van der Waals surface area contributed by atoms with Gasteiger partial charge in [0.05, 0.1) is 0 Å². The predicted molar refractivity (Wildman–Crippen MR) is 79.3 cm³/mol. The van der Waals surface area contributed by atoms with Crippen molar-refractivity contribution < 1.29 is 26.3 Å². The highest BCUT2D eigenvalue weighted by molar-refractivity contribution is 7.80. The van der Waals surface area contributed by atoms with E-state index in [1.807, 2.05) is 0 Å². The molecule has 0 radical (unpaired) electrons. The fourth-order valence-electron chi connectivity index (χ4n) is 2.48. The van der Waals surface area contributed by atoms with Crippen LogP contribution in [0.3, 0.4) is 0 Å². The lowest BCUT2D eigenvalue weighted by Crippen LogP contribution is -2.26. The van der Waals surface area contributed by atoms with Gasteiger partial charge in [-0.05, 0) is 12.1 Å². The van der Waals surface area contributed by atoms with Gasteiger partial charge in [-0.3, -0.25) is 0 Å². The Balaban J connectivity index is 2.85. The van der Waals surface area contributed by atoms with E-state index >= 15 is 0 Å². The average molecular weight is 368 g/mol. The number of thiol groups is 2. The van der Waals surface area contributed by atoms with Gasteiger partial charge < -0.3 is 0 Å². The molecule has 124 valence electrons. The Bertz CT molecular complexity index is 736. The lowest BCUT2D eigenvalue weighted by molar-refractivity contribution is 0.401. The Kier molecular flexibility index (Phi) is 4.69. The summed E-state index contributed by atoms with van der Waals surface area (Å²) in [6.07, 6.45) is 0. The second-order valence-corrected chi connectivity index (χ2v) is 6.35. The first-order chi connectivity index (χ1) is 10.5. The number of halogens is 6. The van der Waals surface area contributed by atoms with Gasteiger partial charge in [-0.15, -0.1) is 25.3 Å². The molecule has 0 nitrogen and oxygen atoms in total. The van der Waals surface area contributed by atoms with Crippen molar-refractivity contribution in [2.45, 2.75) is 29.1 Å². The van der Waals surface area contributed by atoms with Crippen LogP contribution in [0.5, 0.6) is 0 Å². The van der Waals surface area contributed by atoms with Crippen LogP contribution in [0.1, 0.15) is 25.0 Å². The second-order valence-electron chi connectivity index (χ2n) is 5.39. The van der Waals surface area contributed by atoms with Crippen LogP contribution in [0.25, 0.3) is 0 Å². The van der Waals surface area contributed by atoms with Crippen molar-refractivity contribution in [3.8, 4) is 0 Å². The smallest absolute Gasteiger partial charge is 0.194 e. The largest absolute Gasteiger partial charge is 0.204 e. The van der Waals surface area contributed by atoms with E-state index in [0.29, 0.717) is 12.1 Å². The summed E-state index contributed by atoms with van der Waals surface area (Å²) in [5.74, 6) is -9.65. The van der Waals surface area contributed by atoms with Crippen molar-refractivity contribution in [2.24, 2.45) is 0 Å². The van der Waals surface area contributed by atoms with Crippen molar-refractivity contribution in [2.75, 3.05) is 0 Å². The molecule has 8 heteroatoms. The maximum Gasteiger partial charge on any atom is 0.194 e. The van der Waals surface area contributed by atoms with Gasteiger partial charge in [-0.1, -0.05) is 13.8 Å². The molecule has 0 bridgehead atoms. The van der Waals surface area contributed by atoms with E-state index < -0.39 is 51.4 Å². The third-order valence-corrected chi connectivity index (χ3v) is 4.24. The second kappa shape index (κ2) is 5.98. The topological polar surface area (TPSA) is 0 Å². The van der Waals surface area contributed by atoms with Crippen molar-refractivity contribution in [3.63, 3.8) is 0 Å². The zero-order valence-corrected chi connectivity index (χ0v) is 13.6. The lowest BCUT2D eigenvalue weighted by Gasteiger charge is -2.30. The van der Waals surface area contributed by atoms with Crippen LogP contribution in [0.15, 0.2) is 21.9 Å². The van der Waals surface area contributed by atoms with Crippen LogP contribution in [0.4, 0.5) is 26.3 Å². The van der Waals surface area contributed by atoms with Crippen LogP contribution >= 0.6 is 25.3 Å². The molecule has 0 aromatic heterocycles. The summed E-state index contributed by atoms with van der Waals surface area (Å²) >= 11 is 7.76. The molecular formula is C15H10F6S2. The zero-order valence-electron chi connectivity index (χ0n) is 11.8. The predicted octanol–water partition coefficient (Wildman–Crippen LogP) is 5.42. The van der Waals surface area contributed by atoms with Crippen molar-refractivity contribution in [3.05, 3.63) is 58.2 Å². The number of benzene rings is 2. The molecular weight excluding hydrogens is 358 g/mol. The van der Waals surface area contributed by atoms with E-state index in [1.54, 1.807) is 0 Å². The van der Waals surface area contributed by atoms with Gasteiger partial charge in [-0.25, -0.2) is 26.3 Å². The van der Waals surface area contributed by atoms with Gasteiger partial charge in [-0.2, -0.15) is 0 Å². The van der Waals surface area contributed by atoms with Crippen molar-refractivity contribution in [1.29, 1.82) is 0 Å². The fraction of sp³-hybridized carbons (Fsp3) is 0.200. The van der Waals surface area contributed by atoms with Gasteiger partial charge in [0, 0.05) is 26.3 Å². The van der Waals surface area contributed by atoms with E-state index in [4.69, 9.17) is 0 Å². The normalized spacial score (nSPS) is 11.9. The minimum atomic E-state index is -1.77. The standard InChI is InChI=1S/C15H10F6S2/c1-15(2,9-7(22)3-5(16)11(18)13(9)20)10-8(23)4-6(17)12(19)14(10)21/h3-4,22-23H,1-2H3. The molecule has 0 saturated heterocycles. The first kappa shape index (κ1) is 18.1. The molecule has 0 aliphatic carbocycles. The van der Waals surface area contributed by atoms with Crippen LogP contribution in [0.2, 0.25) is 0 Å². The molecule has 2 rings (SSSR count). The van der Waals surface area contributed by atoms with Crippen molar-refractivity contribution >= 4 is 25.3 Å². The Morgan fingerprint density at radius 2 is 0.957 bits per heavy atom. The van der Waals surface area contributed by atoms with E-state index in [1.165, 1.54) is 13.8 Å². The van der Waals surface area contributed by atoms with Gasteiger partial charge >= 0.3 is 0 Å². The van der Waals surface area contributed by atoms with Crippen LogP contribution < -0.4 is 0 Å². The molecule has 0 aliphatic heterocycles. The van der Waals surface area contributed by atoms with Gasteiger partial charge in [0.2, 0.25) is 0 Å². The Morgan fingerprint density at radius 1 is 0.652 bits per heavy atom. The molecule has 0 fully saturated rings. The minimum absolute atomic E-state index is 0.303. The zero-order chi connectivity index (χ0) is 17.7. The van der Waals surface area contributed by atoms with Crippen LogP contribution in [-0.4, -0.2) is 0 Å². The molecule has 0 heterocycles. The first-order valence-corrected chi connectivity index (χ1v) is 7.13. The van der Waals surface area contributed by atoms with E-state index in [-0.39, 0.29) is 9.79 Å². The van der Waals surface area contributed by atoms with E-state index in [0.717, 1.165) is 0 Å². The van der Waals surface area contributed by atoms with Gasteiger partial charge in [0.1, 0.15) is 0 Å². The molecule has 0 N–H and O–H groups in total. The molecule has 0 unspecified atom stereocenters. The Labute approximate surface area is 139 Å². The average Bonchev–Trinajstić information content (AvgIpc) is 2.41. The minimum Gasteiger partial charge on any atom is -0.204 e. The van der Waals surface area contributed by atoms with Crippen LogP contribution in [-0.2, 0) is 5.41 Å². The maximum atomic E-state index is 14.2. The molecule has 0 atom stereocenters. The summed E-state index contributed by atoms with van der Waals surface area (Å²) < 4.78 is 81.8. The summed E-state index contributed by atoms with van der Waals surface area (Å²) in [7, 11) is 0. The third-order valence-electron chi connectivity index (χ3n) is 3.53. The van der Waals surface area contributed by atoms with Crippen molar-refractivity contribution in [1.82, 2.24) is 0 Å². The quantitative estimate of drug-likeness (QED) is 0.394. The highest BCUT2D eigenvalue weighted by Gasteiger charge is 2.37. The molecule has 0 amide bonds. The monoisotopic (exact) mass is 368 g/mol. The SMILES string of the molecule is CC(C)(c1c(S)cc(F)c(F)c1F)c1c(S)cc(F)c(F)c1F. The molecule has 0 spiro atoms. The summed E-state index contributed by atoms with van der Waals surface area (Å²) in [5, 5.41) is 0. The molecule has 2 aromatic rings. The molecule has 23 heavy (non-hydrogen) atoms. The fourth-order valence-corrected chi connectivity index (χ4v) is 3.46. The van der Waals surface area contributed by atoms with E-state index in [2.05, 4.69) is 25.3 Å². The molecule has 0 saturated carbocycles. The highest BCUT2D eigenvalue weighted by atomic mass is 32.1. The highest BCUT2D eigenvalue weighted by Crippen LogP contribution is 2.42. The first-order valence-electron chi connectivity index (χ1n) is 6.24. The van der Waals surface area contributed by atoms with Gasteiger partial charge in [0.25, 0.3) is 0 Å². The summed E-state index contributed by atoms with van der Waals surface area (Å²) in [4.78, 5) is -0.605. The Morgan fingerprint density at radius 3 is 1.26 bits per heavy atom. The third kappa shape index (κ3) is 2.82. The number of hydrogen-bond donors (Lipinski definition) is 2. The maximum absolute atomic E-state index is 14.2. The molecule has 0 aliphatic rings. The summed E-state index contributed by atoms with van der Waals surface area (Å²) in [5.41, 5.74) is -2.70. The summed E-state index contributed by atoms with van der Waals surface area (Å²) in [6, 6.07) is 1.24. The Hall–Kier alpha value is -1.28. The summed E-state index contributed by atoms with van der Waals surface area (Å²) in [6.45, 7) is 2.47.